The van der Waals surface area contributed by atoms with Gasteiger partial charge in [-0.05, 0) is 37.3 Å². The van der Waals surface area contributed by atoms with Crippen LogP contribution < -0.4 is 15.8 Å². The van der Waals surface area contributed by atoms with Crippen molar-refractivity contribution < 1.29 is 23.7 Å². The minimum Gasteiger partial charge on any atom is -0.508 e. The van der Waals surface area contributed by atoms with Gasteiger partial charge in [0.05, 0.1) is 18.6 Å². The Bertz CT molecular complexity index is 1060. The first-order valence-corrected chi connectivity index (χ1v) is 9.49. The first-order chi connectivity index (χ1) is 13.9. The van der Waals surface area contributed by atoms with Crippen LogP contribution in [0.25, 0.3) is 0 Å². The quantitative estimate of drug-likeness (QED) is 0.592. The fourth-order valence-corrected chi connectivity index (χ4v) is 4.00. The molecule has 2 atom stereocenters. The lowest BCUT2D eigenvalue weighted by Crippen LogP contribution is -2.56. The maximum Gasteiger partial charge on any atom is 0.169 e. The number of benzene rings is 2. The third-order valence-corrected chi connectivity index (χ3v) is 5.51. The van der Waals surface area contributed by atoms with E-state index >= 15 is 4.39 Å². The zero-order chi connectivity index (χ0) is 20.2. The molecule has 150 valence electrons. The second-order valence-corrected chi connectivity index (χ2v) is 8.03. The van der Waals surface area contributed by atoms with Crippen LogP contribution in [0.5, 0.6) is 17.2 Å². The summed E-state index contributed by atoms with van der Waals surface area (Å²) in [4.78, 5) is 0. The van der Waals surface area contributed by atoms with Crippen LogP contribution in [0.4, 0.5) is 4.39 Å². The lowest BCUT2D eigenvalue weighted by Gasteiger charge is -2.44. The Morgan fingerprint density at radius 1 is 1.24 bits per heavy atom. The van der Waals surface area contributed by atoms with Crippen LogP contribution >= 0.6 is 0 Å². The zero-order valence-corrected chi connectivity index (χ0v) is 15.9. The first kappa shape index (κ1) is 18.4. The van der Waals surface area contributed by atoms with E-state index in [0.717, 1.165) is 0 Å². The van der Waals surface area contributed by atoms with Crippen molar-refractivity contribution in [3.63, 3.8) is 0 Å². The van der Waals surface area contributed by atoms with E-state index in [1.54, 1.807) is 18.2 Å². The maximum absolute atomic E-state index is 15.1. The highest BCUT2D eigenvalue weighted by atomic mass is 19.1. The molecule has 0 aliphatic carbocycles. The topological polar surface area (TPSA) is 86.0 Å². The number of nitrogens with two attached hydrogens (primary N) is 1. The average molecular weight is 396 g/mol. The van der Waals surface area contributed by atoms with Gasteiger partial charge in [-0.3, -0.25) is 0 Å². The summed E-state index contributed by atoms with van der Waals surface area (Å²) in [6.45, 7) is 3.96. The fraction of sp³-hybridized carbons (Fsp3) is 0.364. The van der Waals surface area contributed by atoms with Crippen molar-refractivity contribution in [2.24, 2.45) is 11.1 Å². The van der Waals surface area contributed by atoms with Crippen molar-refractivity contribution >= 4 is 0 Å². The normalized spacial score (nSPS) is 26.4. The summed E-state index contributed by atoms with van der Waals surface area (Å²) in [5, 5.41) is 13.3. The van der Waals surface area contributed by atoms with Crippen LogP contribution in [0.15, 0.2) is 30.3 Å². The standard InChI is InChI=1S/C22H21FN2O4/c1-21(11-27-12-21)5-4-13-6-16-20(17(23)7-13)28-18-3-2-14(26)8-15(18)22(16)10-25-9-19(24)29-22/h2-3,6-8,19,25-26H,9-12,24H2,1H3/t19-,22?/m0/s1. The number of fused-ring (bicyclic) bond motifs is 4. The highest BCUT2D eigenvalue weighted by molar-refractivity contribution is 5.60. The van der Waals surface area contributed by atoms with Gasteiger partial charge in [0.1, 0.15) is 23.3 Å². The van der Waals surface area contributed by atoms with E-state index < -0.39 is 17.6 Å². The number of hydrogen-bond donors (Lipinski definition) is 3. The number of halogens is 1. The van der Waals surface area contributed by atoms with Gasteiger partial charge in [0, 0.05) is 29.8 Å². The van der Waals surface area contributed by atoms with Gasteiger partial charge in [0.15, 0.2) is 11.6 Å². The lowest BCUT2D eigenvalue weighted by atomic mass is 9.81. The molecule has 1 spiro atoms. The lowest BCUT2D eigenvalue weighted by molar-refractivity contribution is -0.0974. The molecule has 4 N–H and O–H groups in total. The van der Waals surface area contributed by atoms with Gasteiger partial charge in [-0.15, -0.1) is 0 Å². The SMILES string of the molecule is CC1(C#Cc2cc(F)c3c(c2)C2(CNC[C@@H](N)O2)c2cc(O)ccc2O3)COC1. The summed E-state index contributed by atoms with van der Waals surface area (Å²) in [5.41, 5.74) is 6.38. The van der Waals surface area contributed by atoms with Crippen LogP contribution in [-0.2, 0) is 15.1 Å². The van der Waals surface area contributed by atoms with Gasteiger partial charge >= 0.3 is 0 Å². The molecular formula is C22H21FN2O4. The summed E-state index contributed by atoms with van der Waals surface area (Å²) in [5.74, 6) is 6.28. The Hall–Kier alpha value is -2.63. The Labute approximate surface area is 167 Å². The van der Waals surface area contributed by atoms with Crippen molar-refractivity contribution in [2.75, 3.05) is 26.3 Å². The summed E-state index contributed by atoms with van der Waals surface area (Å²) in [6.07, 6.45) is -0.603. The molecule has 0 aromatic heterocycles. The fourth-order valence-electron chi connectivity index (χ4n) is 4.00. The van der Waals surface area contributed by atoms with Gasteiger partial charge in [0.2, 0.25) is 0 Å². The van der Waals surface area contributed by atoms with E-state index in [9.17, 15) is 5.11 Å². The molecule has 2 fully saturated rings. The van der Waals surface area contributed by atoms with Gasteiger partial charge in [0.25, 0.3) is 0 Å². The molecular weight excluding hydrogens is 375 g/mol. The molecule has 0 radical (unpaired) electrons. The summed E-state index contributed by atoms with van der Waals surface area (Å²) < 4.78 is 32.4. The van der Waals surface area contributed by atoms with Crippen molar-refractivity contribution in [1.29, 1.82) is 0 Å². The van der Waals surface area contributed by atoms with Crippen molar-refractivity contribution in [2.45, 2.75) is 18.8 Å². The molecule has 2 aromatic rings. The Kier molecular flexibility index (Phi) is 4.09. The van der Waals surface area contributed by atoms with E-state index in [-0.39, 0.29) is 16.9 Å². The van der Waals surface area contributed by atoms with Gasteiger partial charge in [-0.1, -0.05) is 11.8 Å². The zero-order valence-electron chi connectivity index (χ0n) is 15.9. The van der Waals surface area contributed by atoms with Gasteiger partial charge in [-0.25, -0.2) is 4.39 Å². The van der Waals surface area contributed by atoms with Gasteiger partial charge in [-0.2, -0.15) is 0 Å². The number of nitrogens with one attached hydrogen (secondary N) is 1. The Morgan fingerprint density at radius 3 is 2.79 bits per heavy atom. The van der Waals surface area contributed by atoms with E-state index in [1.807, 2.05) is 6.92 Å². The second kappa shape index (κ2) is 6.44. The minimum absolute atomic E-state index is 0.0623. The minimum atomic E-state index is -1.10. The van der Waals surface area contributed by atoms with E-state index in [1.165, 1.54) is 12.1 Å². The molecule has 0 saturated carbocycles. The average Bonchev–Trinajstić information content (AvgIpc) is 2.67. The van der Waals surface area contributed by atoms with Crippen molar-refractivity contribution in [3.8, 4) is 29.1 Å². The van der Waals surface area contributed by atoms with E-state index in [2.05, 4.69) is 17.2 Å². The smallest absolute Gasteiger partial charge is 0.169 e. The van der Waals surface area contributed by atoms with Crippen LogP contribution in [0.1, 0.15) is 23.6 Å². The Morgan fingerprint density at radius 2 is 2.07 bits per heavy atom. The Balaban J connectivity index is 1.68. The van der Waals surface area contributed by atoms with Crippen LogP contribution in [0.2, 0.25) is 0 Å². The molecule has 2 saturated heterocycles. The maximum atomic E-state index is 15.1. The van der Waals surface area contributed by atoms with Crippen LogP contribution in [0.3, 0.4) is 0 Å². The highest BCUT2D eigenvalue weighted by Gasteiger charge is 2.47. The molecule has 3 aliphatic heterocycles. The monoisotopic (exact) mass is 396 g/mol. The number of aromatic hydroxyl groups is 1. The molecule has 3 heterocycles. The number of hydrogen-bond acceptors (Lipinski definition) is 6. The van der Waals surface area contributed by atoms with E-state index in [4.69, 9.17) is 19.9 Å². The number of morpholine rings is 1. The van der Waals surface area contributed by atoms with E-state index in [0.29, 0.717) is 48.7 Å². The van der Waals surface area contributed by atoms with Crippen LogP contribution in [0, 0.1) is 23.1 Å². The number of ether oxygens (including phenoxy) is 3. The highest BCUT2D eigenvalue weighted by Crippen LogP contribution is 2.51. The second-order valence-electron chi connectivity index (χ2n) is 8.03. The van der Waals surface area contributed by atoms with Crippen molar-refractivity contribution in [1.82, 2.24) is 5.32 Å². The molecule has 29 heavy (non-hydrogen) atoms. The van der Waals surface area contributed by atoms with Crippen LogP contribution in [-0.4, -0.2) is 37.6 Å². The molecule has 7 heteroatoms. The third kappa shape index (κ3) is 2.96. The predicted octanol–water partition coefficient (Wildman–Crippen LogP) is 2.17. The molecule has 3 aliphatic rings. The largest absolute Gasteiger partial charge is 0.508 e. The summed E-state index contributed by atoms with van der Waals surface area (Å²) >= 11 is 0. The van der Waals surface area contributed by atoms with Gasteiger partial charge < -0.3 is 30.4 Å². The third-order valence-electron chi connectivity index (χ3n) is 5.51. The molecule has 0 bridgehead atoms. The summed E-state index contributed by atoms with van der Waals surface area (Å²) in [7, 11) is 0. The predicted molar refractivity (Wildman–Crippen MR) is 103 cm³/mol. The molecule has 5 rings (SSSR count). The molecule has 2 aromatic carbocycles. The number of phenols is 1. The number of phenolic OH excluding ortho intramolecular Hbond substituents is 1. The first-order valence-electron chi connectivity index (χ1n) is 9.49. The molecule has 0 amide bonds. The summed E-state index contributed by atoms with van der Waals surface area (Å²) in [6, 6.07) is 7.81. The number of rotatable bonds is 0. The van der Waals surface area contributed by atoms with Crippen molar-refractivity contribution in [3.05, 3.63) is 52.8 Å². The molecule has 6 nitrogen and oxygen atoms in total. The molecule has 1 unspecified atom stereocenters.